The molecule has 0 aliphatic carbocycles. The zero-order chi connectivity index (χ0) is 24.1. The Morgan fingerprint density at radius 1 is 1.12 bits per heavy atom. The fraction of sp³-hybridized carbons (Fsp3) is 0.333. The van der Waals surface area contributed by atoms with Gasteiger partial charge in [-0.15, -0.1) is 0 Å². The van der Waals surface area contributed by atoms with Gasteiger partial charge in [-0.1, -0.05) is 29.8 Å². The second-order valence-corrected chi connectivity index (χ2v) is 8.19. The van der Waals surface area contributed by atoms with Gasteiger partial charge in [0, 0.05) is 18.0 Å². The van der Waals surface area contributed by atoms with Gasteiger partial charge in [-0.3, -0.25) is 9.59 Å². The lowest BCUT2D eigenvalue weighted by atomic mass is 9.96. The van der Waals surface area contributed by atoms with Crippen LogP contribution in [-0.2, 0) is 0 Å². The van der Waals surface area contributed by atoms with Crippen LogP contribution >= 0.6 is 23.4 Å². The highest BCUT2D eigenvalue weighted by molar-refractivity contribution is 7.98. The van der Waals surface area contributed by atoms with Gasteiger partial charge in [0.2, 0.25) is 0 Å². The fourth-order valence-electron chi connectivity index (χ4n) is 2.99. The summed E-state index contributed by atoms with van der Waals surface area (Å²) in [7, 11) is 0. The summed E-state index contributed by atoms with van der Waals surface area (Å²) in [6, 6.07) is 7.26. The first-order chi connectivity index (χ1) is 15.0. The van der Waals surface area contributed by atoms with Gasteiger partial charge in [0.05, 0.1) is 16.1 Å². The third-order valence-corrected chi connectivity index (χ3v) is 5.47. The molecule has 0 saturated heterocycles. The van der Waals surface area contributed by atoms with Crippen molar-refractivity contribution in [1.82, 2.24) is 5.32 Å². The number of thioether (sulfide) groups is 1. The Kier molecular flexibility index (Phi) is 8.91. The molecule has 1 atom stereocenters. The number of anilines is 1. The van der Waals surface area contributed by atoms with Crippen molar-refractivity contribution in [3.8, 4) is 0 Å². The summed E-state index contributed by atoms with van der Waals surface area (Å²) in [6.45, 7) is 1.74. The summed E-state index contributed by atoms with van der Waals surface area (Å²) in [4.78, 5) is 25.3. The van der Waals surface area contributed by atoms with E-state index in [1.54, 1.807) is 0 Å². The Hall–Kier alpha value is -2.33. The van der Waals surface area contributed by atoms with Crippen LogP contribution in [0, 0.1) is 6.92 Å². The van der Waals surface area contributed by atoms with Crippen molar-refractivity contribution in [2.45, 2.75) is 25.4 Å². The van der Waals surface area contributed by atoms with E-state index in [4.69, 9.17) is 11.6 Å². The summed E-state index contributed by atoms with van der Waals surface area (Å²) >= 11 is 7.64. The minimum Gasteiger partial charge on any atom is -0.351 e. The molecule has 0 aromatic heterocycles. The predicted octanol–water partition coefficient (Wildman–Crippen LogP) is 5.90. The standard InChI is InChI=1S/C21H20ClF5N2O2S/c1-11-10-12(17(18(23)24)21(25,26)27)6-7-15(11)29-19(30)13-4-3-5-14(22)16(13)20(31)28-8-9-32-2/h3-7,10,17-18H,8-9H2,1-2H3,(H,28,31)(H,29,30). The topological polar surface area (TPSA) is 58.2 Å². The monoisotopic (exact) mass is 494 g/mol. The zero-order valence-electron chi connectivity index (χ0n) is 17.0. The van der Waals surface area contributed by atoms with Crippen LogP contribution in [0.2, 0.25) is 5.02 Å². The molecule has 0 radical (unpaired) electrons. The second kappa shape index (κ2) is 11.0. The van der Waals surface area contributed by atoms with E-state index in [0.29, 0.717) is 12.3 Å². The molecule has 0 spiro atoms. The molecule has 0 fully saturated rings. The minimum absolute atomic E-state index is 0.0385. The highest BCUT2D eigenvalue weighted by Gasteiger charge is 2.47. The van der Waals surface area contributed by atoms with E-state index in [0.717, 1.165) is 18.2 Å². The van der Waals surface area contributed by atoms with E-state index in [-0.39, 0.29) is 27.4 Å². The molecule has 174 valence electrons. The summed E-state index contributed by atoms with van der Waals surface area (Å²) in [5.41, 5.74) is -0.429. The molecule has 4 nitrogen and oxygen atoms in total. The average Bonchev–Trinajstić information content (AvgIpc) is 2.68. The van der Waals surface area contributed by atoms with Crippen molar-refractivity contribution in [1.29, 1.82) is 0 Å². The first-order valence-corrected chi connectivity index (χ1v) is 11.1. The van der Waals surface area contributed by atoms with Crippen LogP contribution in [0.3, 0.4) is 0 Å². The van der Waals surface area contributed by atoms with E-state index in [1.807, 2.05) is 6.26 Å². The molecule has 2 amide bonds. The van der Waals surface area contributed by atoms with Crippen LogP contribution in [0.25, 0.3) is 0 Å². The number of carbonyl (C=O) groups is 2. The van der Waals surface area contributed by atoms with Crippen molar-refractivity contribution >= 4 is 40.9 Å². The molecule has 2 rings (SSSR count). The largest absolute Gasteiger partial charge is 0.401 e. The van der Waals surface area contributed by atoms with Gasteiger partial charge in [-0.25, -0.2) is 8.78 Å². The van der Waals surface area contributed by atoms with Crippen LogP contribution < -0.4 is 10.6 Å². The quantitative estimate of drug-likeness (QED) is 0.354. The molecule has 0 bridgehead atoms. The molecular formula is C21H20ClF5N2O2S. The Balaban J connectivity index is 2.30. The van der Waals surface area contributed by atoms with Gasteiger partial charge in [0.25, 0.3) is 18.2 Å². The second-order valence-electron chi connectivity index (χ2n) is 6.79. The highest BCUT2D eigenvalue weighted by atomic mass is 35.5. The van der Waals surface area contributed by atoms with E-state index in [2.05, 4.69) is 10.6 Å². The molecule has 0 aliphatic heterocycles. The summed E-state index contributed by atoms with van der Waals surface area (Å²) < 4.78 is 64.9. The molecule has 32 heavy (non-hydrogen) atoms. The number of hydrogen-bond acceptors (Lipinski definition) is 3. The number of carbonyl (C=O) groups excluding carboxylic acids is 2. The maximum atomic E-state index is 13.0. The van der Waals surface area contributed by atoms with E-state index >= 15 is 0 Å². The third kappa shape index (κ3) is 6.35. The smallest absolute Gasteiger partial charge is 0.351 e. The molecule has 0 aliphatic rings. The van der Waals surface area contributed by atoms with Crippen LogP contribution in [0.5, 0.6) is 0 Å². The normalized spacial score (nSPS) is 12.5. The molecule has 0 heterocycles. The number of amides is 2. The summed E-state index contributed by atoms with van der Waals surface area (Å²) in [5, 5.41) is 5.21. The predicted molar refractivity (Wildman–Crippen MR) is 116 cm³/mol. The lowest BCUT2D eigenvalue weighted by Crippen LogP contribution is -2.29. The Labute approximate surface area is 190 Å². The highest BCUT2D eigenvalue weighted by Crippen LogP contribution is 2.40. The van der Waals surface area contributed by atoms with E-state index in [1.165, 1.54) is 36.9 Å². The van der Waals surface area contributed by atoms with Crippen LogP contribution in [-0.4, -0.2) is 43.0 Å². The lowest BCUT2D eigenvalue weighted by molar-refractivity contribution is -0.178. The minimum atomic E-state index is -5.12. The number of halogens is 6. The van der Waals surface area contributed by atoms with Crippen LogP contribution in [0.1, 0.15) is 37.8 Å². The first-order valence-electron chi connectivity index (χ1n) is 9.29. The molecule has 2 N–H and O–H groups in total. The van der Waals surface area contributed by atoms with Gasteiger partial charge in [-0.05, 0) is 42.5 Å². The molecule has 2 aromatic rings. The Morgan fingerprint density at radius 2 is 1.81 bits per heavy atom. The van der Waals surface area contributed by atoms with Gasteiger partial charge < -0.3 is 10.6 Å². The van der Waals surface area contributed by atoms with Crippen LogP contribution in [0.4, 0.5) is 27.6 Å². The number of benzene rings is 2. The Morgan fingerprint density at radius 3 is 2.38 bits per heavy atom. The average molecular weight is 495 g/mol. The zero-order valence-corrected chi connectivity index (χ0v) is 18.6. The first kappa shape index (κ1) is 25.9. The van der Waals surface area contributed by atoms with E-state index < -0.39 is 35.9 Å². The van der Waals surface area contributed by atoms with Crippen LogP contribution in [0.15, 0.2) is 36.4 Å². The number of hydrogen-bond donors (Lipinski definition) is 2. The van der Waals surface area contributed by atoms with E-state index in [9.17, 15) is 31.5 Å². The molecule has 11 heteroatoms. The summed E-state index contributed by atoms with van der Waals surface area (Å²) in [5.74, 6) is -3.55. The van der Waals surface area contributed by atoms with Crippen molar-refractivity contribution in [3.05, 3.63) is 63.7 Å². The van der Waals surface area contributed by atoms with Gasteiger partial charge in [-0.2, -0.15) is 24.9 Å². The third-order valence-electron chi connectivity index (χ3n) is 4.54. The van der Waals surface area contributed by atoms with Crippen molar-refractivity contribution in [3.63, 3.8) is 0 Å². The van der Waals surface area contributed by atoms with Crippen molar-refractivity contribution in [2.75, 3.05) is 23.9 Å². The SMILES string of the molecule is CSCCNC(=O)c1c(Cl)cccc1C(=O)Nc1ccc(C(C(F)F)C(F)(F)F)cc1C. The molecule has 1 unspecified atom stereocenters. The van der Waals surface area contributed by atoms with Gasteiger partial charge in [0.15, 0.2) is 0 Å². The molecule has 2 aromatic carbocycles. The number of aryl methyl sites for hydroxylation is 1. The number of rotatable bonds is 8. The number of alkyl halides is 5. The lowest BCUT2D eigenvalue weighted by Gasteiger charge is -2.21. The maximum absolute atomic E-state index is 13.0. The van der Waals surface area contributed by atoms with Gasteiger partial charge in [0.1, 0.15) is 5.92 Å². The summed E-state index contributed by atoms with van der Waals surface area (Å²) in [6.07, 6.45) is -6.88. The number of nitrogens with one attached hydrogen (secondary N) is 2. The van der Waals surface area contributed by atoms with Crippen molar-refractivity contribution in [2.24, 2.45) is 0 Å². The maximum Gasteiger partial charge on any atom is 0.401 e. The van der Waals surface area contributed by atoms with Crippen molar-refractivity contribution < 1.29 is 31.5 Å². The van der Waals surface area contributed by atoms with Gasteiger partial charge >= 0.3 is 6.18 Å². The Bertz CT molecular complexity index is 985. The molecular weight excluding hydrogens is 475 g/mol. The molecule has 0 saturated carbocycles. The fourth-order valence-corrected chi connectivity index (χ4v) is 3.55.